The summed E-state index contributed by atoms with van der Waals surface area (Å²) in [5.74, 6) is 0.761. The van der Waals surface area contributed by atoms with Gasteiger partial charge in [-0.1, -0.05) is 42.8 Å². The fraction of sp³-hybridized carbons (Fsp3) is 0.327. The van der Waals surface area contributed by atoms with E-state index in [9.17, 15) is 18.4 Å². The van der Waals surface area contributed by atoms with Crippen LogP contribution in [0, 0.1) is 5.41 Å². The number of halogens is 4. The second-order valence-corrected chi connectivity index (χ2v) is 19.1. The number of para-hydroxylation sites is 2. The average Bonchev–Trinajstić information content (AvgIpc) is 4.18. The van der Waals surface area contributed by atoms with E-state index in [1.165, 1.54) is 15.9 Å². The number of alkyl halides is 2. The first-order chi connectivity index (χ1) is 34.0. The number of imidazole rings is 1. The van der Waals surface area contributed by atoms with Crippen LogP contribution in [0.25, 0.3) is 35.2 Å². The molecule has 0 radical (unpaired) electrons. The molecule has 3 saturated heterocycles. The number of amides is 2. The molecule has 6 aromatic rings. The summed E-state index contributed by atoms with van der Waals surface area (Å²) in [5, 5.41) is 4.75. The van der Waals surface area contributed by atoms with Crippen molar-refractivity contribution < 1.29 is 41.0 Å². The maximum Gasteiger partial charge on any atom is 0.737 e. The van der Waals surface area contributed by atoms with E-state index in [-0.39, 0.29) is 29.8 Å². The molecule has 9 heterocycles. The quantitative estimate of drug-likeness (QED) is 0.0609. The van der Waals surface area contributed by atoms with Crippen molar-refractivity contribution in [1.82, 2.24) is 39.2 Å². The molecule has 0 unspecified atom stereocenters. The lowest BCUT2D eigenvalue weighted by Crippen LogP contribution is -2.73. The van der Waals surface area contributed by atoms with Crippen LogP contribution in [0.4, 0.5) is 29.3 Å². The van der Waals surface area contributed by atoms with Crippen molar-refractivity contribution in [3.63, 3.8) is 0 Å². The van der Waals surface area contributed by atoms with E-state index in [1.807, 2.05) is 32.2 Å². The van der Waals surface area contributed by atoms with E-state index < -0.39 is 19.2 Å². The zero-order valence-corrected chi connectivity index (χ0v) is 38.8. The SMILES string of the molecule is O=C(COc1ccc(/C=C/c2ccc3n2[B-](F)(F)[N+]2=C(c4cccs4)C=CC2=C3)cc1)NCCCCCC(=O)N1CC2(C1)CN(c1nc(N3CCOCC3)nc(-n3c(C(F)F)nc4ccccc43)n1)C2. The molecule has 5 aliphatic heterocycles. The van der Waals surface area contributed by atoms with Gasteiger partial charge in [-0.15, -0.1) is 11.3 Å². The van der Waals surface area contributed by atoms with Crippen molar-refractivity contribution in [3.05, 3.63) is 124 Å². The van der Waals surface area contributed by atoms with Gasteiger partial charge in [-0.05, 0) is 72.3 Å². The first-order valence-electron chi connectivity index (χ1n) is 23.4. The van der Waals surface area contributed by atoms with Gasteiger partial charge in [0.1, 0.15) is 5.75 Å². The number of thiophene rings is 1. The summed E-state index contributed by atoms with van der Waals surface area (Å²) in [7, 11) is 0. The number of anilines is 2. The minimum Gasteiger partial charge on any atom is -0.484 e. The number of carbonyl (C=O) groups excluding carboxylic acids is 2. The Labute approximate surface area is 404 Å². The Kier molecular flexibility index (Phi) is 12.1. The predicted octanol–water partition coefficient (Wildman–Crippen LogP) is 7.07. The first kappa shape index (κ1) is 45.3. The van der Waals surface area contributed by atoms with Gasteiger partial charge in [-0.2, -0.15) is 15.0 Å². The van der Waals surface area contributed by atoms with E-state index in [4.69, 9.17) is 19.4 Å². The lowest BCUT2D eigenvalue weighted by molar-refractivity contribution is -0.360. The Balaban J connectivity index is 0.606. The second kappa shape index (κ2) is 18.7. The Morgan fingerprint density at radius 3 is 2.40 bits per heavy atom. The molecule has 2 aromatic carbocycles. The molecule has 2 amide bonds. The molecule has 0 atom stereocenters. The summed E-state index contributed by atoms with van der Waals surface area (Å²) < 4.78 is 75.7. The summed E-state index contributed by atoms with van der Waals surface area (Å²) in [6.45, 7) is 0.758. The molecule has 4 aromatic heterocycles. The lowest BCUT2D eigenvalue weighted by atomic mass is 9.73. The molecular formula is C49H48BF4N11O4S. The summed E-state index contributed by atoms with van der Waals surface area (Å²) in [6, 6.07) is 21.1. The zero-order valence-electron chi connectivity index (χ0n) is 38.0. The summed E-state index contributed by atoms with van der Waals surface area (Å²) >= 11 is 1.43. The largest absolute Gasteiger partial charge is 0.737 e. The number of carbonyl (C=O) groups is 2. The van der Waals surface area contributed by atoms with Crippen LogP contribution in [0.3, 0.4) is 0 Å². The van der Waals surface area contributed by atoms with Crippen molar-refractivity contribution in [2.24, 2.45) is 5.41 Å². The molecule has 5 aliphatic rings. The molecule has 3 fully saturated rings. The van der Waals surface area contributed by atoms with Crippen molar-refractivity contribution >= 4 is 77.0 Å². The average molecular weight is 974 g/mol. The van der Waals surface area contributed by atoms with E-state index in [2.05, 4.69) is 15.3 Å². The van der Waals surface area contributed by atoms with Crippen LogP contribution in [0.1, 0.15) is 59.8 Å². The highest BCUT2D eigenvalue weighted by atomic mass is 32.1. The van der Waals surface area contributed by atoms with Gasteiger partial charge in [0.05, 0.1) is 29.1 Å². The molecule has 15 nitrogen and oxygen atoms in total. The Bertz CT molecular complexity index is 3080. The number of unbranched alkanes of at least 4 members (excludes halogenated alkanes) is 2. The third-order valence-corrected chi connectivity index (χ3v) is 14.2. The molecule has 360 valence electrons. The van der Waals surface area contributed by atoms with Crippen LogP contribution in [-0.2, 0) is 14.3 Å². The highest BCUT2D eigenvalue weighted by Gasteiger charge is 2.54. The number of allylic oxidation sites excluding steroid dienone is 2. The number of fused-ring (bicyclic) bond motifs is 3. The minimum absolute atomic E-state index is 0.0790. The summed E-state index contributed by atoms with van der Waals surface area (Å²) in [6.07, 6.45) is 8.45. The number of aromatic nitrogens is 6. The molecular weight excluding hydrogens is 925 g/mol. The number of nitrogens with zero attached hydrogens (tertiary/aromatic N) is 10. The van der Waals surface area contributed by atoms with Gasteiger partial charge >= 0.3 is 6.97 Å². The van der Waals surface area contributed by atoms with Gasteiger partial charge in [0, 0.05) is 87.3 Å². The van der Waals surface area contributed by atoms with E-state index in [1.54, 1.807) is 91.0 Å². The van der Waals surface area contributed by atoms with Gasteiger partial charge in [-0.3, -0.25) is 14.2 Å². The van der Waals surface area contributed by atoms with Gasteiger partial charge in [0.2, 0.25) is 23.8 Å². The highest BCUT2D eigenvalue weighted by molar-refractivity contribution is 7.12. The van der Waals surface area contributed by atoms with Gasteiger partial charge in [-0.25, -0.2) is 13.8 Å². The monoisotopic (exact) mass is 973 g/mol. The van der Waals surface area contributed by atoms with E-state index >= 15 is 8.63 Å². The molecule has 21 heteroatoms. The lowest BCUT2D eigenvalue weighted by Gasteiger charge is -2.60. The minimum atomic E-state index is -4.14. The number of morpholine rings is 1. The van der Waals surface area contributed by atoms with Crippen molar-refractivity contribution in [1.29, 1.82) is 0 Å². The Hall–Kier alpha value is -7.13. The standard InChI is InChI=1S/C49H48BF4N11O4S/c51-44(52)45-56-38-7-3-4-8-39(38)63(45)48-58-46(60-22-24-68-25-23-60)57-47(59-48)62-31-49(32-62)29-61(30-49)43(67)10-2-1-5-21-55-42(66)28-69-37-18-12-33(13-19-37)11-14-34-15-16-35-27-36-17-20-40(41-9-6-26-70-41)65(36)50(53,54)64(34)35/h3-4,6-9,11-20,26-27,44H,1-2,5,10,21-25,28-32H2,(H,55,66)/b14-11+. The predicted molar refractivity (Wildman–Crippen MR) is 260 cm³/mol. The summed E-state index contributed by atoms with van der Waals surface area (Å²) in [5.41, 5.74) is 3.38. The number of ether oxygens (including phenoxy) is 2. The maximum absolute atomic E-state index is 16.2. The third kappa shape index (κ3) is 8.76. The maximum atomic E-state index is 16.2. The third-order valence-electron chi connectivity index (χ3n) is 13.3. The molecule has 0 saturated carbocycles. The topological polar surface area (TPSA) is 139 Å². The smallest absolute Gasteiger partial charge is 0.484 e. The van der Waals surface area contributed by atoms with Crippen LogP contribution in [0.2, 0.25) is 0 Å². The molecule has 70 heavy (non-hydrogen) atoms. The summed E-state index contributed by atoms with van der Waals surface area (Å²) in [4.78, 5) is 50.6. The molecule has 0 bridgehead atoms. The van der Waals surface area contributed by atoms with Crippen LogP contribution < -0.4 is 19.9 Å². The molecule has 1 N–H and O–H groups in total. The Morgan fingerprint density at radius 2 is 1.63 bits per heavy atom. The molecule has 1 spiro atoms. The van der Waals surface area contributed by atoms with Crippen LogP contribution >= 0.6 is 11.3 Å². The normalized spacial score (nSPS) is 17.8. The van der Waals surface area contributed by atoms with Crippen molar-refractivity contribution in [2.75, 3.05) is 75.4 Å². The number of hydrogen-bond acceptors (Lipinski definition) is 11. The highest BCUT2D eigenvalue weighted by Crippen LogP contribution is 2.42. The van der Waals surface area contributed by atoms with Crippen molar-refractivity contribution in [3.8, 4) is 11.7 Å². The first-order valence-corrected chi connectivity index (χ1v) is 24.3. The number of hydrogen-bond donors (Lipinski definition) is 1. The van der Waals surface area contributed by atoms with Gasteiger partial charge in [0.15, 0.2) is 23.8 Å². The van der Waals surface area contributed by atoms with Crippen LogP contribution in [0.5, 0.6) is 5.75 Å². The van der Waals surface area contributed by atoms with E-state index in [0.717, 1.165) is 25.8 Å². The zero-order chi connectivity index (χ0) is 48.0. The fourth-order valence-corrected chi connectivity index (χ4v) is 10.6. The number of rotatable bonds is 16. The van der Waals surface area contributed by atoms with Gasteiger partial charge < -0.3 is 47.1 Å². The van der Waals surface area contributed by atoms with E-state index in [0.29, 0.717) is 130 Å². The molecule has 11 rings (SSSR count). The number of nitrogens with one attached hydrogen (secondary N) is 1. The molecule has 0 aliphatic carbocycles. The number of benzene rings is 2. The second-order valence-electron chi connectivity index (χ2n) is 18.2. The van der Waals surface area contributed by atoms with Crippen LogP contribution in [0.15, 0.2) is 96.0 Å². The Morgan fingerprint density at radius 1 is 0.857 bits per heavy atom. The van der Waals surface area contributed by atoms with Crippen LogP contribution in [-0.4, -0.2) is 128 Å². The fourth-order valence-electron chi connectivity index (χ4n) is 9.87. The van der Waals surface area contributed by atoms with Gasteiger partial charge in [0.25, 0.3) is 12.3 Å². The number of likely N-dealkylation sites (tertiary alicyclic amines) is 1. The van der Waals surface area contributed by atoms with Crippen molar-refractivity contribution in [2.45, 2.75) is 32.1 Å².